The molecule has 7 heteroatoms. The number of primary sulfonamides is 1. The van der Waals surface area contributed by atoms with Crippen molar-refractivity contribution in [3.05, 3.63) is 29.6 Å². The number of sulfonamides is 1. The van der Waals surface area contributed by atoms with E-state index in [4.69, 9.17) is 5.14 Å². The summed E-state index contributed by atoms with van der Waals surface area (Å²) >= 11 is 0. The molecule has 2 aliphatic rings. The molecule has 3 rings (SSSR count). The van der Waals surface area contributed by atoms with E-state index in [1.165, 1.54) is 0 Å². The second-order valence-electron chi connectivity index (χ2n) is 5.51. The Balaban J connectivity index is 1.94. The molecule has 1 aliphatic heterocycles. The third kappa shape index (κ3) is 2.31. The van der Waals surface area contributed by atoms with Gasteiger partial charge < -0.3 is 4.90 Å². The molecule has 5 nitrogen and oxygen atoms in total. The predicted molar refractivity (Wildman–Crippen MR) is 69.9 cm³/mol. The molecule has 2 bridgehead atoms. The van der Waals surface area contributed by atoms with Gasteiger partial charge in [-0.05, 0) is 43.4 Å². The van der Waals surface area contributed by atoms with Crippen molar-refractivity contribution in [2.45, 2.75) is 30.2 Å². The van der Waals surface area contributed by atoms with Gasteiger partial charge in [-0.25, -0.2) is 17.9 Å². The van der Waals surface area contributed by atoms with Gasteiger partial charge in [0.1, 0.15) is 5.82 Å². The largest absolute Gasteiger partial charge is 0.335 e. The quantitative estimate of drug-likeness (QED) is 0.887. The highest BCUT2D eigenvalue weighted by Crippen LogP contribution is 2.38. The van der Waals surface area contributed by atoms with Gasteiger partial charge in [0.25, 0.3) is 5.91 Å². The van der Waals surface area contributed by atoms with Crippen molar-refractivity contribution in [2.24, 2.45) is 11.1 Å². The number of nitrogens with two attached hydrogens (primary N) is 1. The summed E-state index contributed by atoms with van der Waals surface area (Å²) in [6, 6.07) is 3.23. The molecule has 1 heterocycles. The van der Waals surface area contributed by atoms with Crippen molar-refractivity contribution in [3.63, 3.8) is 0 Å². The van der Waals surface area contributed by atoms with Gasteiger partial charge in [-0.3, -0.25) is 4.79 Å². The summed E-state index contributed by atoms with van der Waals surface area (Å²) in [5, 5.41) is 4.99. The van der Waals surface area contributed by atoms with Crippen LogP contribution in [0.15, 0.2) is 23.1 Å². The lowest BCUT2D eigenvalue weighted by molar-refractivity contribution is 0.0703. The van der Waals surface area contributed by atoms with E-state index < -0.39 is 15.8 Å². The number of fused-ring (bicyclic) bond motifs is 2. The Morgan fingerprint density at radius 3 is 2.60 bits per heavy atom. The standard InChI is InChI=1S/C13H15FN2O3S/c14-10-4-9(5-12(6-10)20(15,18)19)13(17)16-7-8-1-2-11(16)3-8/h4-6,8,11H,1-3,7H2,(H2,15,18,19). The molecule has 1 amide bonds. The number of carbonyl (C=O) groups is 1. The first kappa shape index (κ1) is 13.5. The molecule has 1 saturated heterocycles. The summed E-state index contributed by atoms with van der Waals surface area (Å²) in [4.78, 5) is 13.7. The fourth-order valence-electron chi connectivity index (χ4n) is 3.19. The Labute approximate surface area is 116 Å². The highest BCUT2D eigenvalue weighted by atomic mass is 32.2. The number of hydrogen-bond acceptors (Lipinski definition) is 3. The molecule has 1 aliphatic carbocycles. The minimum absolute atomic E-state index is 0.0431. The summed E-state index contributed by atoms with van der Waals surface area (Å²) in [5.41, 5.74) is 0.0431. The summed E-state index contributed by atoms with van der Waals surface area (Å²) in [6.07, 6.45) is 3.08. The zero-order chi connectivity index (χ0) is 14.5. The Morgan fingerprint density at radius 2 is 2.05 bits per heavy atom. The Morgan fingerprint density at radius 1 is 1.30 bits per heavy atom. The van der Waals surface area contributed by atoms with Gasteiger partial charge in [-0.1, -0.05) is 0 Å². The van der Waals surface area contributed by atoms with E-state index in [-0.39, 0.29) is 22.4 Å². The van der Waals surface area contributed by atoms with Crippen LogP contribution in [0.2, 0.25) is 0 Å². The van der Waals surface area contributed by atoms with E-state index in [1.54, 1.807) is 4.90 Å². The molecule has 2 atom stereocenters. The lowest BCUT2D eigenvalue weighted by Gasteiger charge is -2.27. The maximum atomic E-state index is 13.5. The molecule has 2 N–H and O–H groups in total. The predicted octanol–water partition coefficient (Wildman–Crippen LogP) is 1.10. The number of likely N-dealkylation sites (tertiary alicyclic amines) is 1. The number of nitrogens with zero attached hydrogens (tertiary/aromatic N) is 1. The van der Waals surface area contributed by atoms with Crippen LogP contribution >= 0.6 is 0 Å². The molecule has 0 spiro atoms. The molecule has 0 radical (unpaired) electrons. The summed E-state index contributed by atoms with van der Waals surface area (Å²) in [6.45, 7) is 0.671. The lowest BCUT2D eigenvalue weighted by Crippen LogP contribution is -2.37. The highest BCUT2D eigenvalue weighted by molar-refractivity contribution is 7.89. The van der Waals surface area contributed by atoms with Crippen LogP contribution in [0.1, 0.15) is 29.6 Å². The topological polar surface area (TPSA) is 80.5 Å². The molecular weight excluding hydrogens is 283 g/mol. The molecule has 108 valence electrons. The van der Waals surface area contributed by atoms with Crippen LogP contribution in [-0.2, 0) is 10.0 Å². The van der Waals surface area contributed by atoms with E-state index >= 15 is 0 Å². The van der Waals surface area contributed by atoms with Crippen LogP contribution in [0.3, 0.4) is 0 Å². The number of piperidine rings is 1. The Hall–Kier alpha value is -1.47. The first-order chi connectivity index (χ1) is 9.34. The van der Waals surface area contributed by atoms with Gasteiger partial charge in [0.2, 0.25) is 10.0 Å². The lowest BCUT2D eigenvalue weighted by atomic mass is 10.1. The normalized spacial score (nSPS) is 25.2. The molecule has 1 aromatic rings. The fraction of sp³-hybridized carbons (Fsp3) is 0.462. The van der Waals surface area contributed by atoms with Gasteiger partial charge in [-0.2, -0.15) is 0 Å². The van der Waals surface area contributed by atoms with Crippen LogP contribution in [0.5, 0.6) is 0 Å². The number of amides is 1. The monoisotopic (exact) mass is 298 g/mol. The molecule has 2 unspecified atom stereocenters. The maximum absolute atomic E-state index is 13.5. The van der Waals surface area contributed by atoms with E-state index in [2.05, 4.69) is 0 Å². The molecule has 2 fully saturated rings. The number of rotatable bonds is 2. The van der Waals surface area contributed by atoms with Gasteiger partial charge in [0, 0.05) is 18.2 Å². The summed E-state index contributed by atoms with van der Waals surface area (Å²) in [5.74, 6) is -0.568. The molecule has 20 heavy (non-hydrogen) atoms. The minimum atomic E-state index is -4.03. The van der Waals surface area contributed by atoms with Crippen LogP contribution in [0, 0.1) is 11.7 Å². The van der Waals surface area contributed by atoms with E-state index in [1.807, 2.05) is 0 Å². The van der Waals surface area contributed by atoms with Crippen molar-refractivity contribution in [2.75, 3.05) is 6.54 Å². The molecule has 1 saturated carbocycles. The van der Waals surface area contributed by atoms with Gasteiger partial charge in [-0.15, -0.1) is 0 Å². The molecule has 1 aromatic carbocycles. The van der Waals surface area contributed by atoms with Gasteiger partial charge in [0.15, 0.2) is 0 Å². The van der Waals surface area contributed by atoms with Crippen LogP contribution in [0.25, 0.3) is 0 Å². The third-order valence-corrected chi connectivity index (χ3v) is 5.01. The second-order valence-corrected chi connectivity index (χ2v) is 7.07. The van der Waals surface area contributed by atoms with Crippen molar-refractivity contribution >= 4 is 15.9 Å². The molecular formula is C13H15FN2O3S. The number of hydrogen-bond donors (Lipinski definition) is 1. The summed E-state index contributed by atoms with van der Waals surface area (Å²) < 4.78 is 36.1. The third-order valence-electron chi connectivity index (χ3n) is 4.12. The first-order valence-electron chi connectivity index (χ1n) is 6.49. The van der Waals surface area contributed by atoms with E-state index in [9.17, 15) is 17.6 Å². The summed E-state index contributed by atoms with van der Waals surface area (Å²) in [7, 11) is -4.03. The average Bonchev–Trinajstić information content (AvgIpc) is 2.98. The number of benzene rings is 1. The zero-order valence-electron chi connectivity index (χ0n) is 10.8. The highest BCUT2D eigenvalue weighted by Gasteiger charge is 2.40. The van der Waals surface area contributed by atoms with Gasteiger partial charge >= 0.3 is 0 Å². The van der Waals surface area contributed by atoms with Crippen molar-refractivity contribution in [3.8, 4) is 0 Å². The Bertz CT molecular complexity index is 674. The maximum Gasteiger partial charge on any atom is 0.254 e. The Kier molecular flexibility index (Phi) is 3.06. The smallest absolute Gasteiger partial charge is 0.254 e. The van der Waals surface area contributed by atoms with E-state index in [0.717, 1.165) is 37.5 Å². The molecule has 0 aromatic heterocycles. The second kappa shape index (κ2) is 4.53. The average molecular weight is 298 g/mol. The first-order valence-corrected chi connectivity index (χ1v) is 8.03. The number of carbonyl (C=O) groups excluding carboxylic acids is 1. The van der Waals surface area contributed by atoms with Crippen LogP contribution < -0.4 is 5.14 Å². The van der Waals surface area contributed by atoms with Crippen molar-refractivity contribution in [1.29, 1.82) is 0 Å². The zero-order valence-corrected chi connectivity index (χ0v) is 11.6. The van der Waals surface area contributed by atoms with Crippen LogP contribution in [-0.4, -0.2) is 31.8 Å². The SMILES string of the molecule is NS(=O)(=O)c1cc(F)cc(C(=O)N2CC3CCC2C3)c1. The minimum Gasteiger partial charge on any atom is -0.335 e. The number of halogens is 1. The van der Waals surface area contributed by atoms with Crippen molar-refractivity contribution < 1.29 is 17.6 Å². The van der Waals surface area contributed by atoms with Crippen molar-refractivity contribution in [1.82, 2.24) is 4.90 Å². The van der Waals surface area contributed by atoms with Crippen LogP contribution in [0.4, 0.5) is 4.39 Å². The van der Waals surface area contributed by atoms with Gasteiger partial charge in [0.05, 0.1) is 4.90 Å². The van der Waals surface area contributed by atoms with E-state index in [0.29, 0.717) is 12.5 Å². The fourth-order valence-corrected chi connectivity index (χ4v) is 3.76.